The van der Waals surface area contributed by atoms with Crippen LogP contribution in [0.2, 0.25) is 0 Å². The van der Waals surface area contributed by atoms with Gasteiger partial charge in [-0.05, 0) is 38.1 Å². The van der Waals surface area contributed by atoms with Crippen LogP contribution in [0, 0.1) is 24.6 Å². The maximum Gasteiger partial charge on any atom is 0.389 e. The first kappa shape index (κ1) is 20.7. The lowest BCUT2D eigenvalue weighted by molar-refractivity contribution is -0.145. The first-order valence-electron chi connectivity index (χ1n) is 9.81. The van der Waals surface area contributed by atoms with Crippen molar-refractivity contribution in [2.24, 2.45) is 17.6 Å². The van der Waals surface area contributed by atoms with Gasteiger partial charge < -0.3 is 16.4 Å². The molecule has 0 radical (unpaired) electrons. The molecule has 1 aromatic carbocycles. The Labute approximate surface area is 168 Å². The number of nitrogens with zero attached hydrogens (tertiary/aromatic N) is 2. The smallest absolute Gasteiger partial charge is 0.389 e. The molecular weight excluding hydrogens is 406 g/mol. The van der Waals surface area contributed by atoms with E-state index in [1.165, 1.54) is 9.47 Å². The van der Waals surface area contributed by atoms with Gasteiger partial charge in [-0.15, -0.1) is 0 Å². The van der Waals surface area contributed by atoms with E-state index >= 15 is 4.39 Å². The van der Waals surface area contributed by atoms with Gasteiger partial charge in [0.1, 0.15) is 0 Å². The van der Waals surface area contributed by atoms with Gasteiger partial charge in [-0.3, -0.25) is 14.3 Å². The zero-order valence-corrected chi connectivity index (χ0v) is 16.4. The van der Waals surface area contributed by atoms with Crippen molar-refractivity contribution in [1.29, 1.82) is 0 Å². The molecule has 1 saturated carbocycles. The van der Waals surface area contributed by atoms with Crippen LogP contribution in [-0.4, -0.2) is 35.4 Å². The van der Waals surface area contributed by atoms with E-state index in [1.54, 1.807) is 6.92 Å². The van der Waals surface area contributed by atoms with E-state index < -0.39 is 47.2 Å². The van der Waals surface area contributed by atoms with Crippen molar-refractivity contribution in [2.75, 3.05) is 30.3 Å². The Bertz CT molecular complexity index is 1120. The molecule has 1 saturated heterocycles. The molecule has 1 aromatic heterocycles. The first-order valence-corrected chi connectivity index (χ1v) is 9.81. The number of hydrogen-bond acceptors (Lipinski definition) is 5. The second kappa shape index (κ2) is 7.00. The number of fused-ring (bicyclic) bond motifs is 1. The fourth-order valence-electron chi connectivity index (χ4n) is 4.66. The van der Waals surface area contributed by atoms with Crippen molar-refractivity contribution < 1.29 is 17.6 Å². The summed E-state index contributed by atoms with van der Waals surface area (Å²) >= 11 is 0. The van der Waals surface area contributed by atoms with E-state index in [0.717, 1.165) is 12.8 Å². The number of halogens is 4. The number of aryl methyl sites for hydroxylation is 1. The van der Waals surface area contributed by atoms with Crippen molar-refractivity contribution >= 4 is 22.3 Å². The highest BCUT2D eigenvalue weighted by molar-refractivity contribution is 5.97. The molecule has 0 spiro atoms. The predicted octanol–water partition coefficient (Wildman–Crippen LogP) is 2.02. The number of alkyl halides is 3. The normalized spacial score (nSPS) is 22.3. The van der Waals surface area contributed by atoms with E-state index in [4.69, 9.17) is 11.5 Å². The van der Waals surface area contributed by atoms with E-state index in [2.05, 4.69) is 4.98 Å². The highest BCUT2D eigenvalue weighted by atomic mass is 19.4. The number of aromatic amines is 1. The molecular formula is C19H23F4N5O2. The van der Waals surface area contributed by atoms with Gasteiger partial charge in [0, 0.05) is 31.1 Å². The molecule has 5 N–H and O–H groups in total. The summed E-state index contributed by atoms with van der Waals surface area (Å²) in [5.74, 6) is -2.11. The lowest BCUT2D eigenvalue weighted by Crippen LogP contribution is -2.32. The number of H-pyrrole nitrogens is 1. The average molecular weight is 429 g/mol. The van der Waals surface area contributed by atoms with Gasteiger partial charge in [-0.2, -0.15) is 13.2 Å². The number of anilines is 2. The highest BCUT2D eigenvalue weighted by Crippen LogP contribution is 2.43. The van der Waals surface area contributed by atoms with Gasteiger partial charge in [-0.25, -0.2) is 9.18 Å². The highest BCUT2D eigenvalue weighted by Gasteiger charge is 2.42. The summed E-state index contributed by atoms with van der Waals surface area (Å²) in [6, 6.07) is -0.124. The third-order valence-electron chi connectivity index (χ3n) is 6.17. The molecule has 11 heteroatoms. The maximum absolute atomic E-state index is 15.3. The van der Waals surface area contributed by atoms with Crippen LogP contribution in [0.5, 0.6) is 0 Å². The standard InChI is InChI=1S/C19H23F4N5O2/c1-8-15-12(17(29)26-18(30)28(15)11-2-3-11)14(25)13(20)16(8)27-6-9(4-19(21,22)23)10(5-24)7-27/h9-11H,2-7,24-25H2,1H3,(H,26,29,30). The molecule has 4 rings (SSSR count). The number of nitrogens with two attached hydrogens (primary N) is 2. The third kappa shape index (κ3) is 3.34. The van der Waals surface area contributed by atoms with Crippen LogP contribution < -0.4 is 27.6 Å². The van der Waals surface area contributed by atoms with Crippen LogP contribution in [0.15, 0.2) is 9.59 Å². The van der Waals surface area contributed by atoms with Crippen LogP contribution >= 0.6 is 0 Å². The van der Waals surface area contributed by atoms with E-state index in [9.17, 15) is 22.8 Å². The molecule has 2 unspecified atom stereocenters. The molecule has 2 aliphatic rings. The number of nitrogen functional groups attached to an aromatic ring is 1. The molecule has 2 aromatic rings. The van der Waals surface area contributed by atoms with Crippen LogP contribution in [0.1, 0.15) is 30.9 Å². The summed E-state index contributed by atoms with van der Waals surface area (Å²) in [5, 5.41) is -0.110. The maximum atomic E-state index is 15.3. The Kier molecular flexibility index (Phi) is 4.83. The SMILES string of the molecule is Cc1c(N2CC(CN)C(CC(F)(F)F)C2)c(F)c(N)c2c(=O)[nH]c(=O)n(C3CC3)c12. The summed E-state index contributed by atoms with van der Waals surface area (Å²) in [5.41, 5.74) is 10.4. The molecule has 0 amide bonds. The lowest BCUT2D eigenvalue weighted by atomic mass is 9.93. The van der Waals surface area contributed by atoms with Crippen molar-refractivity contribution in [3.63, 3.8) is 0 Å². The summed E-state index contributed by atoms with van der Waals surface area (Å²) < 4.78 is 55.7. The van der Waals surface area contributed by atoms with Crippen molar-refractivity contribution in [3.05, 3.63) is 32.2 Å². The Balaban J connectivity index is 1.89. The van der Waals surface area contributed by atoms with Gasteiger partial charge >= 0.3 is 11.9 Å². The largest absolute Gasteiger partial charge is 0.396 e. The topological polar surface area (TPSA) is 110 Å². The van der Waals surface area contributed by atoms with Crippen LogP contribution in [0.4, 0.5) is 28.9 Å². The second-order valence-electron chi connectivity index (χ2n) is 8.27. The molecule has 2 fully saturated rings. The molecule has 2 atom stereocenters. The Hall–Kier alpha value is -2.56. The minimum absolute atomic E-state index is 0.0301. The molecule has 2 heterocycles. The van der Waals surface area contributed by atoms with E-state index in [1.807, 2.05) is 0 Å². The summed E-state index contributed by atoms with van der Waals surface area (Å²) in [6.07, 6.45) is -3.90. The fourth-order valence-corrected chi connectivity index (χ4v) is 4.66. The van der Waals surface area contributed by atoms with Crippen molar-refractivity contribution in [3.8, 4) is 0 Å². The van der Waals surface area contributed by atoms with Crippen LogP contribution in [0.3, 0.4) is 0 Å². The molecule has 164 valence electrons. The Morgan fingerprint density at radius 3 is 2.37 bits per heavy atom. The van der Waals surface area contributed by atoms with Gasteiger partial charge in [0.15, 0.2) is 5.82 Å². The van der Waals surface area contributed by atoms with Crippen LogP contribution in [0.25, 0.3) is 10.9 Å². The molecule has 1 aliphatic carbocycles. The quantitative estimate of drug-likeness (QED) is 0.509. The average Bonchev–Trinajstić information content (AvgIpc) is 3.39. The van der Waals surface area contributed by atoms with E-state index in [0.29, 0.717) is 5.56 Å². The van der Waals surface area contributed by atoms with E-state index in [-0.39, 0.29) is 42.3 Å². The lowest BCUT2D eigenvalue weighted by Gasteiger charge is -2.25. The van der Waals surface area contributed by atoms with Gasteiger partial charge in [0.05, 0.1) is 22.3 Å². The number of rotatable bonds is 4. The number of hydrogen-bond donors (Lipinski definition) is 3. The predicted molar refractivity (Wildman–Crippen MR) is 105 cm³/mol. The summed E-state index contributed by atoms with van der Waals surface area (Å²) in [6.45, 7) is 1.69. The van der Waals surface area contributed by atoms with Crippen molar-refractivity contribution in [1.82, 2.24) is 9.55 Å². The Morgan fingerprint density at radius 2 is 1.80 bits per heavy atom. The van der Waals surface area contributed by atoms with Crippen molar-refractivity contribution in [2.45, 2.75) is 38.4 Å². The summed E-state index contributed by atoms with van der Waals surface area (Å²) in [7, 11) is 0. The monoisotopic (exact) mass is 429 g/mol. The molecule has 30 heavy (non-hydrogen) atoms. The van der Waals surface area contributed by atoms with Gasteiger partial charge in [-0.1, -0.05) is 0 Å². The number of benzene rings is 1. The fraction of sp³-hybridized carbons (Fsp3) is 0.579. The van der Waals surface area contributed by atoms with Gasteiger partial charge in [0.25, 0.3) is 5.56 Å². The molecule has 1 aliphatic heterocycles. The third-order valence-corrected chi connectivity index (χ3v) is 6.17. The van der Waals surface area contributed by atoms with Gasteiger partial charge in [0.2, 0.25) is 0 Å². The first-order chi connectivity index (χ1) is 14.0. The minimum Gasteiger partial charge on any atom is -0.396 e. The minimum atomic E-state index is -4.36. The summed E-state index contributed by atoms with van der Waals surface area (Å²) in [4.78, 5) is 28.5. The zero-order valence-electron chi connectivity index (χ0n) is 16.4. The number of aromatic nitrogens is 2. The molecule has 0 bridgehead atoms. The van der Waals surface area contributed by atoms with Crippen LogP contribution in [-0.2, 0) is 0 Å². The zero-order chi connectivity index (χ0) is 22.0. The second-order valence-corrected chi connectivity index (χ2v) is 8.27. The molecule has 7 nitrogen and oxygen atoms in total. The Morgan fingerprint density at radius 1 is 1.17 bits per heavy atom. The number of nitrogens with one attached hydrogen (secondary N) is 1.